The summed E-state index contributed by atoms with van der Waals surface area (Å²) in [6, 6.07) is 17.4. The van der Waals surface area contributed by atoms with E-state index >= 15 is 0 Å². The van der Waals surface area contributed by atoms with Crippen LogP contribution in [0.1, 0.15) is 17.2 Å². The number of aliphatic hydroxyl groups is 1. The van der Waals surface area contributed by atoms with E-state index in [4.69, 9.17) is 0 Å². The number of nitriles is 1. The molecule has 2 aromatic carbocycles. The van der Waals surface area contributed by atoms with Crippen LogP contribution in [-0.2, 0) is 0 Å². The maximum atomic E-state index is 9.58. The largest absolute Gasteiger partial charge is 0.394 e. The molecule has 4 heteroatoms. The van der Waals surface area contributed by atoms with Crippen molar-refractivity contribution in [3.05, 3.63) is 59.7 Å². The van der Waals surface area contributed by atoms with Crippen molar-refractivity contribution in [3.8, 4) is 6.07 Å². The first-order valence-electron chi connectivity index (χ1n) is 6.29. The van der Waals surface area contributed by atoms with Gasteiger partial charge in [-0.25, -0.2) is 0 Å². The van der Waals surface area contributed by atoms with E-state index in [0.717, 1.165) is 16.1 Å². The first-order valence-corrected chi connectivity index (χ1v) is 7.52. The summed E-state index contributed by atoms with van der Waals surface area (Å²) in [6.45, 7) is -0.0294. The van der Waals surface area contributed by atoms with Gasteiger partial charge in [0.15, 0.2) is 0 Å². The van der Waals surface area contributed by atoms with E-state index in [9.17, 15) is 10.4 Å². The number of rotatable bonds is 5. The summed E-state index contributed by atoms with van der Waals surface area (Å²) < 4.78 is 0. The number of thioether (sulfide) groups is 1. The number of aliphatic hydroxyl groups excluding tert-OH is 1. The van der Waals surface area contributed by atoms with Crippen LogP contribution in [0.25, 0.3) is 0 Å². The minimum Gasteiger partial charge on any atom is -0.394 e. The minimum atomic E-state index is -0.222. The van der Waals surface area contributed by atoms with Gasteiger partial charge in [0.1, 0.15) is 6.07 Å². The highest BCUT2D eigenvalue weighted by atomic mass is 32.2. The van der Waals surface area contributed by atoms with Crippen molar-refractivity contribution in [2.75, 3.05) is 18.2 Å². The fourth-order valence-electron chi connectivity index (χ4n) is 2.04. The molecule has 0 spiro atoms. The Morgan fingerprint density at radius 3 is 2.55 bits per heavy atom. The van der Waals surface area contributed by atoms with Crippen molar-refractivity contribution in [2.45, 2.75) is 10.9 Å². The Balaban J connectivity index is 2.31. The third kappa shape index (κ3) is 3.13. The van der Waals surface area contributed by atoms with Crippen molar-refractivity contribution in [1.82, 2.24) is 0 Å². The van der Waals surface area contributed by atoms with Crippen LogP contribution in [0, 0.1) is 11.3 Å². The Morgan fingerprint density at radius 1 is 1.20 bits per heavy atom. The van der Waals surface area contributed by atoms with Crippen molar-refractivity contribution in [2.24, 2.45) is 0 Å². The lowest BCUT2D eigenvalue weighted by molar-refractivity contribution is 0.276. The van der Waals surface area contributed by atoms with Crippen molar-refractivity contribution in [3.63, 3.8) is 0 Å². The van der Waals surface area contributed by atoms with E-state index in [0.29, 0.717) is 5.56 Å². The number of nitrogens with zero attached hydrogens (tertiary/aromatic N) is 1. The van der Waals surface area contributed by atoms with Crippen LogP contribution in [0.5, 0.6) is 0 Å². The Kier molecular flexibility index (Phi) is 5.05. The molecule has 0 amide bonds. The Hall–Kier alpha value is -1.96. The van der Waals surface area contributed by atoms with Gasteiger partial charge in [-0.1, -0.05) is 36.4 Å². The van der Waals surface area contributed by atoms with Gasteiger partial charge in [-0.05, 0) is 24.0 Å². The van der Waals surface area contributed by atoms with E-state index in [1.54, 1.807) is 0 Å². The molecule has 20 heavy (non-hydrogen) atoms. The summed E-state index contributed by atoms with van der Waals surface area (Å²) in [5.41, 5.74) is 2.37. The van der Waals surface area contributed by atoms with Gasteiger partial charge in [0.2, 0.25) is 0 Å². The quantitative estimate of drug-likeness (QED) is 0.826. The van der Waals surface area contributed by atoms with Crippen LogP contribution in [0.2, 0.25) is 0 Å². The zero-order valence-electron chi connectivity index (χ0n) is 11.2. The molecule has 102 valence electrons. The highest BCUT2D eigenvalue weighted by molar-refractivity contribution is 7.98. The lowest BCUT2D eigenvalue weighted by Crippen LogP contribution is -2.15. The molecule has 2 N–H and O–H groups in total. The Morgan fingerprint density at radius 2 is 1.95 bits per heavy atom. The van der Waals surface area contributed by atoms with E-state index in [2.05, 4.69) is 11.4 Å². The zero-order chi connectivity index (χ0) is 14.4. The fourth-order valence-corrected chi connectivity index (χ4v) is 2.62. The van der Waals surface area contributed by atoms with Crippen LogP contribution in [0.3, 0.4) is 0 Å². The van der Waals surface area contributed by atoms with Gasteiger partial charge in [-0.3, -0.25) is 0 Å². The molecule has 0 aliphatic carbocycles. The summed E-state index contributed by atoms with van der Waals surface area (Å²) in [4.78, 5) is 0.933. The van der Waals surface area contributed by atoms with Crippen LogP contribution >= 0.6 is 11.8 Å². The maximum absolute atomic E-state index is 9.58. The second-order valence-electron chi connectivity index (χ2n) is 4.28. The van der Waals surface area contributed by atoms with E-state index < -0.39 is 0 Å². The number of nitrogens with one attached hydrogen (secondary N) is 1. The van der Waals surface area contributed by atoms with Crippen LogP contribution in [0.4, 0.5) is 5.69 Å². The molecule has 2 rings (SSSR count). The standard InChI is InChI=1S/C16H16N2OS/c1-20-16-9-5-8-14(13(16)10-17)18-15(11-19)12-6-3-2-4-7-12/h2-9,15,18-19H,11H2,1H3. The molecule has 0 fully saturated rings. The predicted octanol–water partition coefficient (Wildman–Crippen LogP) is 3.43. The summed E-state index contributed by atoms with van der Waals surface area (Å²) in [7, 11) is 0. The molecule has 0 saturated heterocycles. The van der Waals surface area contributed by atoms with E-state index in [1.807, 2.05) is 54.8 Å². The van der Waals surface area contributed by atoms with Gasteiger partial charge in [-0.15, -0.1) is 11.8 Å². The average molecular weight is 284 g/mol. The fraction of sp³-hybridized carbons (Fsp3) is 0.188. The number of hydrogen-bond acceptors (Lipinski definition) is 4. The molecule has 1 unspecified atom stereocenters. The number of anilines is 1. The third-order valence-electron chi connectivity index (χ3n) is 3.07. The van der Waals surface area contributed by atoms with Gasteiger partial charge in [0.25, 0.3) is 0 Å². The molecule has 0 aromatic heterocycles. The first kappa shape index (κ1) is 14.4. The molecular formula is C16H16N2OS. The Bertz CT molecular complexity index is 608. The average Bonchev–Trinajstić information content (AvgIpc) is 2.52. The highest BCUT2D eigenvalue weighted by Crippen LogP contribution is 2.29. The zero-order valence-corrected chi connectivity index (χ0v) is 12.0. The van der Waals surface area contributed by atoms with Crippen LogP contribution in [-0.4, -0.2) is 18.0 Å². The monoisotopic (exact) mass is 284 g/mol. The SMILES string of the molecule is CSc1cccc(NC(CO)c2ccccc2)c1C#N. The normalized spacial score (nSPS) is 11.7. The van der Waals surface area contributed by atoms with Gasteiger partial charge < -0.3 is 10.4 Å². The molecule has 0 heterocycles. The van der Waals surface area contributed by atoms with E-state index in [1.165, 1.54) is 11.8 Å². The molecule has 0 radical (unpaired) electrons. The summed E-state index contributed by atoms with van der Waals surface area (Å²) in [5, 5.41) is 22.2. The molecular weight excluding hydrogens is 268 g/mol. The molecule has 2 aromatic rings. The lowest BCUT2D eigenvalue weighted by atomic mass is 10.1. The lowest BCUT2D eigenvalue weighted by Gasteiger charge is -2.19. The second kappa shape index (κ2) is 6.99. The number of hydrogen-bond donors (Lipinski definition) is 2. The van der Waals surface area contributed by atoms with Crippen molar-refractivity contribution >= 4 is 17.4 Å². The molecule has 0 bridgehead atoms. The third-order valence-corrected chi connectivity index (χ3v) is 3.85. The number of benzene rings is 2. The van der Waals surface area contributed by atoms with Crippen molar-refractivity contribution < 1.29 is 5.11 Å². The first-order chi connectivity index (χ1) is 9.80. The van der Waals surface area contributed by atoms with Crippen LogP contribution in [0.15, 0.2) is 53.4 Å². The highest BCUT2D eigenvalue weighted by Gasteiger charge is 2.13. The van der Waals surface area contributed by atoms with Gasteiger partial charge in [-0.2, -0.15) is 5.26 Å². The topological polar surface area (TPSA) is 56.0 Å². The van der Waals surface area contributed by atoms with Gasteiger partial charge >= 0.3 is 0 Å². The van der Waals surface area contributed by atoms with Crippen LogP contribution < -0.4 is 5.32 Å². The Labute approximate surface area is 123 Å². The maximum Gasteiger partial charge on any atom is 0.102 e. The minimum absolute atomic E-state index is 0.0294. The summed E-state index contributed by atoms with van der Waals surface area (Å²) >= 11 is 1.54. The summed E-state index contributed by atoms with van der Waals surface area (Å²) in [6.07, 6.45) is 1.95. The molecule has 3 nitrogen and oxygen atoms in total. The molecule has 0 saturated carbocycles. The molecule has 0 aliphatic heterocycles. The second-order valence-corrected chi connectivity index (χ2v) is 5.13. The smallest absolute Gasteiger partial charge is 0.102 e. The van der Waals surface area contributed by atoms with Crippen molar-refractivity contribution in [1.29, 1.82) is 5.26 Å². The van der Waals surface area contributed by atoms with E-state index in [-0.39, 0.29) is 12.6 Å². The predicted molar refractivity (Wildman–Crippen MR) is 82.8 cm³/mol. The molecule has 1 atom stereocenters. The molecule has 0 aliphatic rings. The summed E-state index contributed by atoms with van der Waals surface area (Å²) in [5.74, 6) is 0. The van der Waals surface area contributed by atoms with Gasteiger partial charge in [0, 0.05) is 4.90 Å². The van der Waals surface area contributed by atoms with Gasteiger partial charge in [0.05, 0.1) is 23.9 Å².